The molecule has 94 valence electrons. The maximum atomic E-state index is 4.24. The molecule has 2 aliphatic rings. The molecule has 2 fully saturated rings. The Kier molecular flexibility index (Phi) is 3.19. The minimum atomic E-state index is 0.985. The molecular formula is C14H23N3. The molecule has 0 atom stereocenters. The van der Waals surface area contributed by atoms with Crippen LogP contribution in [0.3, 0.4) is 0 Å². The van der Waals surface area contributed by atoms with Crippen LogP contribution in [0.5, 0.6) is 0 Å². The molecule has 2 saturated carbocycles. The molecule has 3 nitrogen and oxygen atoms in total. The summed E-state index contributed by atoms with van der Waals surface area (Å²) < 4.78 is 2.22. The average molecular weight is 233 g/mol. The molecule has 0 spiro atoms. The van der Waals surface area contributed by atoms with Gasteiger partial charge in [-0.1, -0.05) is 0 Å². The van der Waals surface area contributed by atoms with E-state index in [2.05, 4.69) is 28.0 Å². The van der Waals surface area contributed by atoms with E-state index in [9.17, 15) is 0 Å². The maximum Gasteiger partial charge on any atom is 0.105 e. The smallest absolute Gasteiger partial charge is 0.105 e. The molecule has 1 aromatic rings. The summed E-state index contributed by atoms with van der Waals surface area (Å²) in [5, 5.41) is 3.65. The zero-order valence-corrected chi connectivity index (χ0v) is 10.7. The fraction of sp³-hybridized carbons (Fsp3) is 0.786. The lowest BCUT2D eigenvalue weighted by Crippen LogP contribution is -2.28. The van der Waals surface area contributed by atoms with Gasteiger partial charge in [0, 0.05) is 25.5 Å². The fourth-order valence-corrected chi connectivity index (χ4v) is 2.88. The highest BCUT2D eigenvalue weighted by atomic mass is 15.1. The van der Waals surface area contributed by atoms with Crippen LogP contribution in [-0.4, -0.2) is 22.6 Å². The second-order valence-corrected chi connectivity index (χ2v) is 5.71. The maximum absolute atomic E-state index is 4.24. The van der Waals surface area contributed by atoms with Crippen LogP contribution in [0.15, 0.2) is 12.4 Å². The third-order valence-electron chi connectivity index (χ3n) is 4.29. The van der Waals surface area contributed by atoms with Gasteiger partial charge in [0.2, 0.25) is 0 Å². The summed E-state index contributed by atoms with van der Waals surface area (Å²) in [6.45, 7) is 5.43. The zero-order valence-electron chi connectivity index (χ0n) is 10.7. The summed E-state index contributed by atoms with van der Waals surface area (Å²) in [6.07, 6.45) is 9.91. The van der Waals surface area contributed by atoms with Crippen LogP contribution < -0.4 is 5.32 Å². The van der Waals surface area contributed by atoms with Crippen molar-refractivity contribution < 1.29 is 0 Å². The Morgan fingerprint density at radius 2 is 2.06 bits per heavy atom. The van der Waals surface area contributed by atoms with Gasteiger partial charge in [-0.2, -0.15) is 0 Å². The summed E-state index contributed by atoms with van der Waals surface area (Å²) in [7, 11) is 0. The predicted molar refractivity (Wildman–Crippen MR) is 68.8 cm³/mol. The van der Waals surface area contributed by atoms with E-state index in [1.54, 1.807) is 0 Å². The monoisotopic (exact) mass is 233 g/mol. The van der Waals surface area contributed by atoms with Crippen molar-refractivity contribution in [2.45, 2.75) is 39.2 Å². The molecule has 3 heteroatoms. The minimum absolute atomic E-state index is 0.985. The third kappa shape index (κ3) is 2.89. The van der Waals surface area contributed by atoms with Gasteiger partial charge >= 0.3 is 0 Å². The minimum Gasteiger partial charge on any atom is -0.334 e. The van der Waals surface area contributed by atoms with E-state index in [-0.39, 0.29) is 0 Å². The Bertz CT molecular complexity index is 351. The topological polar surface area (TPSA) is 29.9 Å². The van der Waals surface area contributed by atoms with E-state index in [0.29, 0.717) is 0 Å². The first-order valence-electron chi connectivity index (χ1n) is 7.03. The first-order chi connectivity index (χ1) is 8.34. The van der Waals surface area contributed by atoms with Crippen molar-refractivity contribution in [1.82, 2.24) is 14.9 Å². The Balaban J connectivity index is 1.38. The van der Waals surface area contributed by atoms with E-state index in [0.717, 1.165) is 36.7 Å². The zero-order chi connectivity index (χ0) is 11.7. The fourth-order valence-electron chi connectivity index (χ4n) is 2.88. The SMILES string of the molecule is Cc1nccn1CCNCC(C1CC1)C1CC1. The van der Waals surface area contributed by atoms with E-state index in [1.165, 1.54) is 32.2 Å². The van der Waals surface area contributed by atoms with Gasteiger partial charge in [-0.05, 0) is 56.9 Å². The second kappa shape index (κ2) is 4.81. The first-order valence-corrected chi connectivity index (χ1v) is 7.03. The van der Waals surface area contributed by atoms with Gasteiger partial charge in [0.25, 0.3) is 0 Å². The average Bonchev–Trinajstić information content (AvgIpc) is 3.21. The molecule has 0 radical (unpaired) electrons. The quantitative estimate of drug-likeness (QED) is 0.732. The Morgan fingerprint density at radius 3 is 2.59 bits per heavy atom. The Morgan fingerprint density at radius 1 is 1.35 bits per heavy atom. The molecule has 1 N–H and O–H groups in total. The van der Waals surface area contributed by atoms with E-state index in [1.807, 2.05) is 6.20 Å². The lowest BCUT2D eigenvalue weighted by molar-refractivity contribution is 0.375. The third-order valence-corrected chi connectivity index (χ3v) is 4.29. The van der Waals surface area contributed by atoms with Crippen LogP contribution in [0.2, 0.25) is 0 Å². The molecule has 0 saturated heterocycles. The molecule has 0 aromatic carbocycles. The van der Waals surface area contributed by atoms with Gasteiger partial charge in [0.15, 0.2) is 0 Å². The van der Waals surface area contributed by atoms with Crippen molar-refractivity contribution in [3.8, 4) is 0 Å². The van der Waals surface area contributed by atoms with Gasteiger partial charge in [-0.15, -0.1) is 0 Å². The van der Waals surface area contributed by atoms with E-state index >= 15 is 0 Å². The van der Waals surface area contributed by atoms with Crippen LogP contribution in [0, 0.1) is 24.7 Å². The molecular weight excluding hydrogens is 210 g/mol. The van der Waals surface area contributed by atoms with Crippen LogP contribution in [-0.2, 0) is 6.54 Å². The molecule has 17 heavy (non-hydrogen) atoms. The number of aryl methyl sites for hydroxylation is 1. The van der Waals surface area contributed by atoms with Crippen LogP contribution in [0.1, 0.15) is 31.5 Å². The Hall–Kier alpha value is -0.830. The molecule has 2 aliphatic carbocycles. The summed E-state index contributed by atoms with van der Waals surface area (Å²) in [5.74, 6) is 4.22. The van der Waals surface area contributed by atoms with Crippen LogP contribution in [0.25, 0.3) is 0 Å². The molecule has 1 aromatic heterocycles. The summed E-state index contributed by atoms with van der Waals surface area (Å²) in [6, 6.07) is 0. The number of nitrogens with one attached hydrogen (secondary N) is 1. The summed E-state index contributed by atoms with van der Waals surface area (Å²) >= 11 is 0. The van der Waals surface area contributed by atoms with Gasteiger partial charge in [0.1, 0.15) is 5.82 Å². The van der Waals surface area contributed by atoms with Crippen molar-refractivity contribution in [3.05, 3.63) is 18.2 Å². The van der Waals surface area contributed by atoms with Gasteiger partial charge in [-0.25, -0.2) is 4.98 Å². The van der Waals surface area contributed by atoms with Crippen LogP contribution in [0.4, 0.5) is 0 Å². The lowest BCUT2D eigenvalue weighted by atomic mass is 9.98. The number of nitrogens with zero attached hydrogens (tertiary/aromatic N) is 2. The largest absolute Gasteiger partial charge is 0.334 e. The predicted octanol–water partition coefficient (Wildman–Crippen LogP) is 2.22. The van der Waals surface area contributed by atoms with Crippen LogP contribution >= 0.6 is 0 Å². The molecule has 0 amide bonds. The number of rotatable bonds is 7. The molecule has 0 unspecified atom stereocenters. The van der Waals surface area contributed by atoms with E-state index < -0.39 is 0 Å². The van der Waals surface area contributed by atoms with Crippen molar-refractivity contribution in [2.24, 2.45) is 17.8 Å². The van der Waals surface area contributed by atoms with Crippen molar-refractivity contribution in [1.29, 1.82) is 0 Å². The standard InChI is InChI=1S/C14H23N3/c1-11-16-7-9-17(11)8-6-15-10-14(12-2-3-12)13-4-5-13/h7,9,12-15H,2-6,8,10H2,1H3. The van der Waals surface area contributed by atoms with Gasteiger partial charge < -0.3 is 9.88 Å². The Labute approximate surface area is 104 Å². The number of hydrogen-bond acceptors (Lipinski definition) is 2. The van der Waals surface area contributed by atoms with Crippen molar-refractivity contribution in [3.63, 3.8) is 0 Å². The number of aromatic nitrogens is 2. The highest BCUT2D eigenvalue weighted by Gasteiger charge is 2.40. The highest BCUT2D eigenvalue weighted by Crippen LogP contribution is 2.48. The first kappa shape index (κ1) is 11.3. The normalized spacial score (nSPS) is 20.1. The lowest BCUT2D eigenvalue weighted by Gasteiger charge is -2.16. The van der Waals surface area contributed by atoms with Gasteiger partial charge in [-0.3, -0.25) is 0 Å². The molecule has 1 heterocycles. The van der Waals surface area contributed by atoms with E-state index in [4.69, 9.17) is 0 Å². The molecule has 0 aliphatic heterocycles. The van der Waals surface area contributed by atoms with Crippen molar-refractivity contribution >= 4 is 0 Å². The highest BCUT2D eigenvalue weighted by molar-refractivity contribution is 4.92. The molecule has 0 bridgehead atoms. The van der Waals surface area contributed by atoms with Crippen molar-refractivity contribution in [2.75, 3.05) is 13.1 Å². The summed E-state index contributed by atoms with van der Waals surface area (Å²) in [5.41, 5.74) is 0. The number of imidazole rings is 1. The molecule has 3 rings (SSSR count). The summed E-state index contributed by atoms with van der Waals surface area (Å²) in [4.78, 5) is 4.24. The second-order valence-electron chi connectivity index (χ2n) is 5.71. The number of hydrogen-bond donors (Lipinski definition) is 1. The van der Waals surface area contributed by atoms with Gasteiger partial charge in [0.05, 0.1) is 0 Å².